The molecule has 0 aromatic carbocycles. The Kier molecular flexibility index (Phi) is 10.7. The van der Waals surface area contributed by atoms with E-state index in [4.69, 9.17) is 4.74 Å². The molecule has 1 rings (SSSR count). The highest BCUT2D eigenvalue weighted by molar-refractivity contribution is 5.93. The molecule has 33 heavy (non-hydrogen) atoms. The number of hydrogen-bond donors (Lipinski definition) is 3. The Morgan fingerprint density at radius 3 is 2.52 bits per heavy atom. The molecule has 2 amide bonds. The topological polar surface area (TPSA) is 192 Å². The average Bonchev–Trinajstić information content (AvgIpc) is 3.25. The molecule has 2 unspecified atom stereocenters. The molecule has 1 heterocycles. The molecule has 0 spiro atoms. The molecule has 2 atom stereocenters. The van der Waals surface area contributed by atoms with Crippen molar-refractivity contribution < 1.29 is 51.7 Å². The number of H-pyrrole nitrogens is 1. The number of halogens is 3. The van der Waals surface area contributed by atoms with Gasteiger partial charge in [0.05, 0.1) is 18.6 Å². The molecule has 0 radical (unpaired) electrons. The molecule has 3 N–H and O–H groups in total. The normalized spacial score (nSPS) is 12.8. The first-order valence-electron chi connectivity index (χ1n) is 9.14. The van der Waals surface area contributed by atoms with Gasteiger partial charge in [0.1, 0.15) is 19.3 Å². The van der Waals surface area contributed by atoms with E-state index in [2.05, 4.69) is 30.2 Å². The molecule has 0 saturated carbocycles. The Morgan fingerprint density at radius 1 is 1.24 bits per heavy atom. The van der Waals surface area contributed by atoms with Crippen LogP contribution in [0.4, 0.5) is 13.2 Å². The first kappa shape index (κ1) is 27.3. The van der Waals surface area contributed by atoms with Crippen molar-refractivity contribution in [3.8, 4) is 0 Å². The Labute approximate surface area is 183 Å². The van der Waals surface area contributed by atoms with Crippen LogP contribution < -0.4 is 10.6 Å². The maximum absolute atomic E-state index is 12.4. The maximum Gasteiger partial charge on any atom is 0.491 e. The third-order valence-corrected chi connectivity index (χ3v) is 3.81. The predicted octanol–water partition coefficient (Wildman–Crippen LogP) is -0.639. The summed E-state index contributed by atoms with van der Waals surface area (Å²) in [6.45, 7) is 0.0284. The van der Waals surface area contributed by atoms with E-state index < -0.39 is 53.6 Å². The summed E-state index contributed by atoms with van der Waals surface area (Å²) in [5, 5.41) is 13.3. The summed E-state index contributed by atoms with van der Waals surface area (Å²) in [7, 11) is 0. The second-order valence-corrected chi connectivity index (χ2v) is 6.24. The first-order valence-corrected chi connectivity index (χ1v) is 9.14. The number of hydrogen-bond acceptors (Lipinski definition) is 10. The summed E-state index contributed by atoms with van der Waals surface area (Å²) in [5.41, 5.74) is 0.197. The van der Waals surface area contributed by atoms with Gasteiger partial charge in [-0.3, -0.25) is 9.59 Å². The number of imidazole rings is 1. The zero-order valence-electron chi connectivity index (χ0n) is 17.0. The minimum Gasteiger partial charge on any atom is -0.385 e. The number of aromatic nitrogens is 2. The summed E-state index contributed by atoms with van der Waals surface area (Å²) in [6.07, 6.45) is -3.24. The van der Waals surface area contributed by atoms with Crippen molar-refractivity contribution in [3.05, 3.63) is 28.3 Å². The average molecular weight is 483 g/mol. The van der Waals surface area contributed by atoms with E-state index in [1.807, 2.05) is 0 Å². The SMILES string of the molecule is CC(c1c[nH]cn1)C(NC(=O)CCNC(=O)COCCO[N+](=O)[O-])C(=O)OC(=O)C(F)(F)F. The fraction of sp³-hybridized carbons (Fsp3) is 0.562. The molecule has 14 nitrogen and oxygen atoms in total. The van der Waals surface area contributed by atoms with Crippen molar-refractivity contribution in [2.24, 2.45) is 0 Å². The van der Waals surface area contributed by atoms with Gasteiger partial charge >= 0.3 is 18.1 Å². The smallest absolute Gasteiger partial charge is 0.385 e. The van der Waals surface area contributed by atoms with Crippen LogP contribution in [0.1, 0.15) is 25.0 Å². The second kappa shape index (κ2) is 12.9. The van der Waals surface area contributed by atoms with E-state index in [0.29, 0.717) is 0 Å². The van der Waals surface area contributed by atoms with Gasteiger partial charge in [-0.05, 0) is 0 Å². The molecule has 0 bridgehead atoms. The molecule has 1 aromatic heterocycles. The number of ether oxygens (including phenoxy) is 2. The summed E-state index contributed by atoms with van der Waals surface area (Å²) in [6, 6.07) is -1.69. The van der Waals surface area contributed by atoms with Gasteiger partial charge in [0.25, 0.3) is 5.09 Å². The molecular formula is C16H20F3N5O9. The molecule has 1 aromatic rings. The largest absolute Gasteiger partial charge is 0.491 e. The van der Waals surface area contributed by atoms with Gasteiger partial charge in [0.15, 0.2) is 0 Å². The lowest BCUT2D eigenvalue weighted by molar-refractivity contribution is -0.758. The molecule has 17 heteroatoms. The number of rotatable bonds is 13. The molecule has 0 aliphatic heterocycles. The first-order chi connectivity index (χ1) is 15.4. The number of nitrogens with zero attached hydrogens (tertiary/aromatic N) is 2. The number of aromatic amines is 1. The maximum atomic E-state index is 12.4. The second-order valence-electron chi connectivity index (χ2n) is 6.24. The van der Waals surface area contributed by atoms with E-state index in [1.54, 1.807) is 0 Å². The van der Waals surface area contributed by atoms with Crippen LogP contribution in [-0.2, 0) is 33.5 Å². The Balaban J connectivity index is 2.57. The number of amides is 2. The van der Waals surface area contributed by atoms with E-state index in [9.17, 15) is 42.5 Å². The number of nitrogens with one attached hydrogen (secondary N) is 3. The van der Waals surface area contributed by atoms with Gasteiger partial charge in [-0.2, -0.15) is 13.2 Å². The van der Waals surface area contributed by atoms with Crippen LogP contribution in [-0.4, -0.2) is 77.4 Å². The fourth-order valence-electron chi connectivity index (χ4n) is 2.24. The monoisotopic (exact) mass is 483 g/mol. The number of carbonyl (C=O) groups excluding carboxylic acids is 4. The predicted molar refractivity (Wildman–Crippen MR) is 97.5 cm³/mol. The number of carbonyl (C=O) groups is 4. The highest BCUT2D eigenvalue weighted by Crippen LogP contribution is 2.21. The quantitative estimate of drug-likeness (QED) is 0.107. The Morgan fingerprint density at radius 2 is 1.94 bits per heavy atom. The molecule has 0 aliphatic carbocycles. The zero-order chi connectivity index (χ0) is 25.0. The molecular weight excluding hydrogens is 463 g/mol. The summed E-state index contributed by atoms with van der Waals surface area (Å²) in [4.78, 5) is 67.1. The van der Waals surface area contributed by atoms with Crippen LogP contribution in [0, 0.1) is 10.1 Å². The molecule has 0 aliphatic rings. The van der Waals surface area contributed by atoms with Gasteiger partial charge in [-0.1, -0.05) is 6.92 Å². The van der Waals surface area contributed by atoms with Crippen molar-refractivity contribution in [1.29, 1.82) is 0 Å². The summed E-state index contributed by atoms with van der Waals surface area (Å²) < 4.78 is 45.8. The van der Waals surface area contributed by atoms with Gasteiger partial charge in [-0.25, -0.2) is 14.6 Å². The fourth-order valence-corrected chi connectivity index (χ4v) is 2.24. The van der Waals surface area contributed by atoms with Crippen molar-refractivity contribution in [2.75, 3.05) is 26.4 Å². The van der Waals surface area contributed by atoms with Gasteiger partial charge in [-0.15, -0.1) is 10.1 Å². The van der Waals surface area contributed by atoms with Crippen molar-refractivity contribution in [2.45, 2.75) is 31.5 Å². The van der Waals surface area contributed by atoms with Crippen LogP contribution in [0.5, 0.6) is 0 Å². The third-order valence-electron chi connectivity index (χ3n) is 3.81. The van der Waals surface area contributed by atoms with E-state index >= 15 is 0 Å². The van der Waals surface area contributed by atoms with Crippen molar-refractivity contribution in [1.82, 2.24) is 20.6 Å². The van der Waals surface area contributed by atoms with Crippen LogP contribution in [0.15, 0.2) is 12.5 Å². The summed E-state index contributed by atoms with van der Waals surface area (Å²) >= 11 is 0. The number of esters is 2. The Bertz CT molecular complexity index is 832. The highest BCUT2D eigenvalue weighted by Gasteiger charge is 2.44. The lowest BCUT2D eigenvalue weighted by Crippen LogP contribution is -2.47. The standard InChI is InChI=1S/C16H20F3N5O9/c1-9(10-6-20-8-22-10)13(14(27)33-15(28)16(17,18)19)23-11(25)2-3-21-12(26)7-31-4-5-32-24(29)30/h6,8-9,13H,2-5,7H2,1H3,(H,20,22)(H,21,26)(H,23,25). The minimum absolute atomic E-state index is 0.197. The van der Waals surface area contributed by atoms with E-state index in [0.717, 1.165) is 0 Å². The van der Waals surface area contributed by atoms with E-state index in [1.165, 1.54) is 19.4 Å². The van der Waals surface area contributed by atoms with Crippen molar-refractivity contribution >= 4 is 23.8 Å². The zero-order valence-corrected chi connectivity index (χ0v) is 17.0. The van der Waals surface area contributed by atoms with Gasteiger partial charge in [0.2, 0.25) is 11.8 Å². The van der Waals surface area contributed by atoms with Crippen molar-refractivity contribution in [3.63, 3.8) is 0 Å². The third kappa shape index (κ3) is 10.4. The molecule has 0 saturated heterocycles. The number of alkyl halides is 3. The summed E-state index contributed by atoms with van der Waals surface area (Å²) in [5.74, 6) is -6.87. The minimum atomic E-state index is -5.42. The Hall–Kier alpha value is -3.76. The highest BCUT2D eigenvalue weighted by atomic mass is 19.4. The van der Waals surface area contributed by atoms with Crippen LogP contribution in [0.3, 0.4) is 0 Å². The van der Waals surface area contributed by atoms with E-state index in [-0.39, 0.29) is 31.9 Å². The van der Waals surface area contributed by atoms with Crippen LogP contribution in [0.25, 0.3) is 0 Å². The van der Waals surface area contributed by atoms with Gasteiger partial charge in [0, 0.05) is 25.1 Å². The van der Waals surface area contributed by atoms with Crippen LogP contribution in [0.2, 0.25) is 0 Å². The van der Waals surface area contributed by atoms with Crippen LogP contribution >= 0.6 is 0 Å². The molecule has 184 valence electrons. The lowest BCUT2D eigenvalue weighted by Gasteiger charge is -2.22. The van der Waals surface area contributed by atoms with Gasteiger partial charge < -0.3 is 29.9 Å². The lowest BCUT2D eigenvalue weighted by atomic mass is 9.98. The molecule has 0 fully saturated rings.